The van der Waals surface area contributed by atoms with Crippen LogP contribution in [0.15, 0.2) is 54.7 Å². The van der Waals surface area contributed by atoms with Crippen molar-refractivity contribution in [3.63, 3.8) is 0 Å². The molecule has 5 nitrogen and oxygen atoms in total. The van der Waals surface area contributed by atoms with Gasteiger partial charge in [-0.2, -0.15) is 5.10 Å². The van der Waals surface area contributed by atoms with Crippen LogP contribution < -0.4 is 5.32 Å². The topological polar surface area (TPSA) is 56.1 Å². The second-order valence-electron chi connectivity index (χ2n) is 6.67. The van der Waals surface area contributed by atoms with E-state index in [-0.39, 0.29) is 12.1 Å². The lowest BCUT2D eigenvalue weighted by molar-refractivity contribution is 0.0383. The number of benzene rings is 2. The predicted molar refractivity (Wildman–Crippen MR) is 98.9 cm³/mol. The Kier molecular flexibility index (Phi) is 5.16. The number of nitrogens with one attached hydrogen (secondary N) is 1. The fourth-order valence-corrected chi connectivity index (χ4v) is 3.29. The average molecular weight is 383 g/mol. The van der Waals surface area contributed by atoms with Crippen LogP contribution in [0.1, 0.15) is 33.3 Å². The summed E-state index contributed by atoms with van der Waals surface area (Å²) in [6.45, 7) is 1.28. The number of rotatable bonds is 5. The predicted octanol–water partition coefficient (Wildman–Crippen LogP) is 3.25. The van der Waals surface area contributed by atoms with Crippen molar-refractivity contribution >= 4 is 5.91 Å². The van der Waals surface area contributed by atoms with Gasteiger partial charge in [0.1, 0.15) is 17.7 Å². The number of carbonyl (C=O) groups excluding carboxylic acids is 1. The smallest absolute Gasteiger partial charge is 0.254 e. The van der Waals surface area contributed by atoms with Gasteiger partial charge in [0.2, 0.25) is 0 Å². The monoisotopic (exact) mass is 383 g/mol. The maximum Gasteiger partial charge on any atom is 0.254 e. The molecule has 0 fully saturated rings. The van der Waals surface area contributed by atoms with Crippen LogP contribution in [0.5, 0.6) is 0 Å². The van der Waals surface area contributed by atoms with E-state index in [1.54, 1.807) is 0 Å². The fourth-order valence-electron chi connectivity index (χ4n) is 3.29. The Morgan fingerprint density at radius 2 is 2.04 bits per heavy atom. The molecule has 0 spiro atoms. The number of nitrogens with zero attached hydrogens (tertiary/aromatic N) is 2. The van der Waals surface area contributed by atoms with Gasteiger partial charge in [-0.05, 0) is 35.7 Å². The first-order valence-electron chi connectivity index (χ1n) is 9.05. The van der Waals surface area contributed by atoms with Gasteiger partial charge in [-0.3, -0.25) is 9.48 Å². The molecule has 0 saturated heterocycles. The summed E-state index contributed by atoms with van der Waals surface area (Å²) in [5.74, 6) is -2.12. The Hall–Kier alpha value is -3.06. The maximum absolute atomic E-state index is 13.8. The van der Waals surface area contributed by atoms with Crippen molar-refractivity contribution in [2.75, 3.05) is 13.2 Å². The van der Waals surface area contributed by atoms with Gasteiger partial charge in [-0.1, -0.05) is 30.3 Å². The van der Waals surface area contributed by atoms with E-state index >= 15 is 0 Å². The summed E-state index contributed by atoms with van der Waals surface area (Å²) in [5, 5.41) is 7.23. The highest BCUT2D eigenvalue weighted by Gasteiger charge is 2.26. The third-order valence-corrected chi connectivity index (χ3v) is 4.67. The molecule has 1 N–H and O–H groups in total. The van der Waals surface area contributed by atoms with Gasteiger partial charge in [0.05, 0.1) is 24.4 Å². The van der Waals surface area contributed by atoms with Crippen LogP contribution in [0.25, 0.3) is 0 Å². The van der Waals surface area contributed by atoms with Crippen LogP contribution in [-0.4, -0.2) is 28.8 Å². The zero-order valence-corrected chi connectivity index (χ0v) is 15.1. The van der Waals surface area contributed by atoms with Gasteiger partial charge in [-0.15, -0.1) is 0 Å². The van der Waals surface area contributed by atoms with Crippen molar-refractivity contribution in [1.29, 1.82) is 0 Å². The summed E-state index contributed by atoms with van der Waals surface area (Å²) in [5.41, 5.74) is 2.64. The molecule has 4 rings (SSSR count). The number of carbonyl (C=O) groups is 1. The minimum absolute atomic E-state index is 0.129. The van der Waals surface area contributed by atoms with Crippen LogP contribution >= 0.6 is 0 Å². The molecule has 0 saturated carbocycles. The largest absolute Gasteiger partial charge is 0.370 e. The molecule has 7 heteroatoms. The fraction of sp³-hybridized carbons (Fsp3) is 0.238. The lowest BCUT2D eigenvalue weighted by Gasteiger charge is -2.22. The molecule has 0 unspecified atom stereocenters. The Balaban J connectivity index is 1.46. The zero-order chi connectivity index (χ0) is 19.5. The van der Waals surface area contributed by atoms with Crippen LogP contribution in [0, 0.1) is 11.6 Å². The number of hydrogen-bond acceptors (Lipinski definition) is 3. The summed E-state index contributed by atoms with van der Waals surface area (Å²) in [6.07, 6.45) is 2.31. The van der Waals surface area contributed by atoms with E-state index in [0.717, 1.165) is 41.4 Å². The van der Waals surface area contributed by atoms with Gasteiger partial charge in [-0.25, -0.2) is 8.78 Å². The van der Waals surface area contributed by atoms with Crippen LogP contribution in [-0.2, 0) is 17.7 Å². The first-order valence-corrected chi connectivity index (χ1v) is 9.05. The molecule has 1 amide bonds. The molecule has 0 bridgehead atoms. The molecule has 0 radical (unpaired) electrons. The lowest BCUT2D eigenvalue weighted by Crippen LogP contribution is -2.32. The highest BCUT2D eigenvalue weighted by molar-refractivity contribution is 5.94. The minimum atomic E-state index is -0.767. The third-order valence-electron chi connectivity index (χ3n) is 4.67. The first kappa shape index (κ1) is 18.3. The molecule has 0 aliphatic carbocycles. The van der Waals surface area contributed by atoms with E-state index < -0.39 is 23.6 Å². The zero-order valence-electron chi connectivity index (χ0n) is 15.1. The average Bonchev–Trinajstić information content (AvgIpc) is 3.11. The van der Waals surface area contributed by atoms with Crippen molar-refractivity contribution in [2.45, 2.75) is 19.1 Å². The normalized spacial score (nSPS) is 15.9. The van der Waals surface area contributed by atoms with Gasteiger partial charge >= 0.3 is 0 Å². The van der Waals surface area contributed by atoms with Crippen molar-refractivity contribution in [1.82, 2.24) is 15.1 Å². The van der Waals surface area contributed by atoms with Gasteiger partial charge in [0.15, 0.2) is 0 Å². The number of ether oxygens (including phenoxy) is 1. The number of halogens is 2. The van der Waals surface area contributed by atoms with E-state index in [1.807, 2.05) is 41.2 Å². The van der Waals surface area contributed by atoms with Crippen molar-refractivity contribution in [3.05, 3.63) is 88.7 Å². The molecular weight excluding hydrogens is 364 g/mol. The van der Waals surface area contributed by atoms with Crippen molar-refractivity contribution in [2.24, 2.45) is 0 Å². The van der Waals surface area contributed by atoms with E-state index in [9.17, 15) is 13.6 Å². The Labute approximate surface area is 160 Å². The highest BCUT2D eigenvalue weighted by atomic mass is 19.1. The molecular formula is C21H19F2N3O2. The number of hydrogen-bond donors (Lipinski definition) is 1. The van der Waals surface area contributed by atoms with Gasteiger partial charge in [0.25, 0.3) is 5.91 Å². The Morgan fingerprint density at radius 1 is 1.21 bits per heavy atom. The summed E-state index contributed by atoms with van der Waals surface area (Å²) in [6, 6.07) is 12.8. The van der Waals surface area contributed by atoms with Crippen molar-refractivity contribution in [3.8, 4) is 0 Å². The summed E-state index contributed by atoms with van der Waals surface area (Å²) in [7, 11) is 0. The summed E-state index contributed by atoms with van der Waals surface area (Å²) in [4.78, 5) is 12.2. The SMILES string of the molecule is O=C(NC[C@@H]1OCCc2cn(Cc3ccccc3)nc21)c1cc(F)ccc1F. The van der Waals surface area contributed by atoms with Crippen molar-refractivity contribution < 1.29 is 18.3 Å². The Bertz CT molecular complexity index is 989. The first-order chi connectivity index (χ1) is 13.6. The minimum Gasteiger partial charge on any atom is -0.370 e. The summed E-state index contributed by atoms with van der Waals surface area (Å²) < 4.78 is 34.7. The van der Waals surface area contributed by atoms with Gasteiger partial charge in [0, 0.05) is 12.7 Å². The third kappa shape index (κ3) is 3.94. The quantitative estimate of drug-likeness (QED) is 0.736. The second-order valence-corrected chi connectivity index (χ2v) is 6.67. The summed E-state index contributed by atoms with van der Waals surface area (Å²) >= 11 is 0. The Morgan fingerprint density at radius 3 is 2.86 bits per heavy atom. The van der Waals surface area contributed by atoms with E-state index in [4.69, 9.17) is 4.74 Å². The molecule has 1 atom stereocenters. The standard InChI is InChI=1S/C21H19F2N3O2/c22-16-6-7-18(23)17(10-16)21(27)24-11-19-20-15(8-9-28-19)13-26(25-20)12-14-4-2-1-3-5-14/h1-7,10,13,19H,8-9,11-12H2,(H,24,27)/t19-/m0/s1. The molecule has 1 aromatic heterocycles. The molecule has 2 aromatic carbocycles. The number of fused-ring (bicyclic) bond motifs is 1. The lowest BCUT2D eigenvalue weighted by atomic mass is 10.1. The van der Waals surface area contributed by atoms with Crippen LogP contribution in [0.3, 0.4) is 0 Å². The van der Waals surface area contributed by atoms with E-state index in [1.165, 1.54) is 0 Å². The molecule has 28 heavy (non-hydrogen) atoms. The van der Waals surface area contributed by atoms with E-state index in [2.05, 4.69) is 10.4 Å². The highest BCUT2D eigenvalue weighted by Crippen LogP contribution is 2.25. The molecule has 1 aliphatic heterocycles. The molecule has 144 valence electrons. The number of aromatic nitrogens is 2. The second kappa shape index (κ2) is 7.90. The molecule has 2 heterocycles. The molecule has 3 aromatic rings. The maximum atomic E-state index is 13.8. The molecule has 1 aliphatic rings. The van der Waals surface area contributed by atoms with Gasteiger partial charge < -0.3 is 10.1 Å². The van der Waals surface area contributed by atoms with E-state index in [0.29, 0.717) is 13.2 Å². The van der Waals surface area contributed by atoms with Crippen LogP contribution in [0.2, 0.25) is 0 Å². The van der Waals surface area contributed by atoms with Crippen LogP contribution in [0.4, 0.5) is 8.78 Å². The number of amides is 1.